The van der Waals surface area contributed by atoms with Crippen LogP contribution < -0.4 is 26.0 Å². The van der Waals surface area contributed by atoms with E-state index in [1.807, 2.05) is 36.1 Å². The van der Waals surface area contributed by atoms with Crippen LogP contribution >= 0.6 is 0 Å². The number of amides is 1. The lowest BCUT2D eigenvalue weighted by Crippen LogP contribution is -2.46. The normalized spacial score (nSPS) is 19.1. The third-order valence-corrected chi connectivity index (χ3v) is 10.1. The number of aliphatic carboxylic acids is 1. The minimum absolute atomic E-state index is 0.0531. The van der Waals surface area contributed by atoms with Crippen LogP contribution in [0.3, 0.4) is 0 Å². The number of ether oxygens (including phenoxy) is 1. The van der Waals surface area contributed by atoms with Gasteiger partial charge in [-0.2, -0.15) is 28.2 Å². The second-order valence-corrected chi connectivity index (χ2v) is 13.6. The summed E-state index contributed by atoms with van der Waals surface area (Å²) in [5, 5.41) is 20.1. The number of carbonyl (C=O) groups excluding carboxylic acids is 1. The van der Waals surface area contributed by atoms with Gasteiger partial charge in [-0.25, -0.2) is 4.68 Å². The molecule has 12 nitrogen and oxygen atoms in total. The number of nitrogens with two attached hydrogens (primary N) is 1. The Kier molecular flexibility index (Phi) is 10.4. The minimum Gasteiger partial charge on any atom is -0.480 e. The van der Waals surface area contributed by atoms with Crippen LogP contribution in [0.5, 0.6) is 5.88 Å². The van der Waals surface area contributed by atoms with E-state index in [0.29, 0.717) is 62.4 Å². The number of carbonyl (C=O) groups is 2. The average Bonchev–Trinajstić information content (AvgIpc) is 3.70. The van der Waals surface area contributed by atoms with E-state index in [4.69, 9.17) is 10.5 Å². The molecular formula is C37H43F3N8O4. The first-order valence-corrected chi connectivity index (χ1v) is 17.4. The first-order chi connectivity index (χ1) is 24.7. The van der Waals surface area contributed by atoms with Crippen LogP contribution in [0.4, 0.5) is 24.9 Å². The zero-order valence-electron chi connectivity index (χ0n) is 29.3. The van der Waals surface area contributed by atoms with Gasteiger partial charge in [0.05, 0.1) is 11.4 Å². The lowest BCUT2D eigenvalue weighted by Gasteiger charge is -2.43. The van der Waals surface area contributed by atoms with Crippen LogP contribution in [-0.4, -0.2) is 74.6 Å². The molecule has 3 atom stereocenters. The largest absolute Gasteiger partial charge is 0.480 e. The molecule has 2 aromatic carbocycles. The number of hydrogen-bond acceptors (Lipinski definition) is 9. The summed E-state index contributed by atoms with van der Waals surface area (Å²) in [6.45, 7) is 6.77. The van der Waals surface area contributed by atoms with E-state index < -0.39 is 24.3 Å². The van der Waals surface area contributed by atoms with Gasteiger partial charge in [0.15, 0.2) is 0 Å². The number of nitrogen functional groups attached to an aromatic ring is 1. The lowest BCUT2D eigenvalue weighted by molar-refractivity contribution is -0.198. The molecule has 2 fully saturated rings. The summed E-state index contributed by atoms with van der Waals surface area (Å²) < 4.78 is 52.0. The van der Waals surface area contributed by atoms with Gasteiger partial charge in [-0.15, -0.1) is 0 Å². The maximum Gasteiger partial charge on any atom is 0.429 e. The average molecular weight is 721 g/mol. The maximum atomic E-state index is 15.0. The molecule has 2 saturated heterocycles. The van der Waals surface area contributed by atoms with Crippen molar-refractivity contribution in [3.05, 3.63) is 77.6 Å². The number of piperidine rings is 1. The number of nitrogens with one attached hydrogen (secondary N) is 2. The summed E-state index contributed by atoms with van der Waals surface area (Å²) in [5.74, 6) is -1.19. The molecule has 0 aliphatic carbocycles. The summed E-state index contributed by atoms with van der Waals surface area (Å²) in [5.41, 5.74) is 8.95. The second kappa shape index (κ2) is 14.8. The zero-order chi connectivity index (χ0) is 37.2. The van der Waals surface area contributed by atoms with Gasteiger partial charge in [-0.1, -0.05) is 43.3 Å². The molecule has 52 heavy (non-hydrogen) atoms. The molecule has 5 N–H and O–H groups in total. The van der Waals surface area contributed by atoms with Crippen molar-refractivity contribution in [1.82, 2.24) is 30.4 Å². The van der Waals surface area contributed by atoms with E-state index in [1.54, 1.807) is 31.3 Å². The summed E-state index contributed by atoms with van der Waals surface area (Å²) in [7, 11) is 0. The number of benzene rings is 2. The Morgan fingerprint density at radius 1 is 1.10 bits per heavy atom. The number of alkyl halides is 3. The molecule has 1 spiro atoms. The van der Waals surface area contributed by atoms with Gasteiger partial charge >= 0.3 is 12.1 Å². The van der Waals surface area contributed by atoms with Crippen molar-refractivity contribution in [1.29, 1.82) is 0 Å². The van der Waals surface area contributed by atoms with E-state index in [-0.39, 0.29) is 40.4 Å². The van der Waals surface area contributed by atoms with E-state index in [2.05, 4.69) is 25.7 Å². The molecule has 15 heteroatoms. The van der Waals surface area contributed by atoms with Crippen LogP contribution in [0.15, 0.2) is 60.8 Å². The highest BCUT2D eigenvalue weighted by atomic mass is 19.4. The van der Waals surface area contributed by atoms with E-state index in [9.17, 15) is 27.9 Å². The zero-order valence-corrected chi connectivity index (χ0v) is 29.3. The van der Waals surface area contributed by atoms with Crippen LogP contribution in [0.25, 0.3) is 16.8 Å². The Morgan fingerprint density at radius 3 is 2.42 bits per heavy atom. The van der Waals surface area contributed by atoms with Crippen molar-refractivity contribution < 1.29 is 32.6 Å². The van der Waals surface area contributed by atoms with Crippen LogP contribution in [0.2, 0.25) is 0 Å². The summed E-state index contributed by atoms with van der Waals surface area (Å²) in [4.78, 5) is 33.3. The number of halogens is 3. The molecule has 2 aliphatic rings. The molecule has 2 unspecified atom stereocenters. The smallest absolute Gasteiger partial charge is 0.429 e. The molecule has 1 amide bonds. The minimum atomic E-state index is -4.85. The van der Waals surface area contributed by atoms with Crippen molar-refractivity contribution >= 4 is 23.6 Å². The predicted octanol–water partition coefficient (Wildman–Crippen LogP) is 5.39. The fourth-order valence-electron chi connectivity index (χ4n) is 7.49. The highest BCUT2D eigenvalue weighted by molar-refractivity contribution is 5.74. The number of nitrogens with zero attached hydrogens (tertiary/aromatic N) is 5. The molecule has 6 rings (SSSR count). The molecule has 0 radical (unpaired) electrons. The molecule has 2 aromatic heterocycles. The lowest BCUT2D eigenvalue weighted by atomic mass is 9.71. The number of carboxylic acids is 1. The number of aryl methyl sites for hydroxylation is 1. The fourth-order valence-corrected chi connectivity index (χ4v) is 7.49. The van der Waals surface area contributed by atoms with Crippen molar-refractivity contribution in [3.8, 4) is 22.7 Å². The van der Waals surface area contributed by atoms with Gasteiger partial charge in [0.25, 0.3) is 0 Å². The highest BCUT2D eigenvalue weighted by Crippen LogP contribution is 2.46. The Labute approximate surface area is 299 Å². The molecule has 0 saturated carbocycles. The summed E-state index contributed by atoms with van der Waals surface area (Å²) >= 11 is 0. The summed E-state index contributed by atoms with van der Waals surface area (Å²) in [6, 6.07) is 14.8. The first kappa shape index (κ1) is 36.6. The van der Waals surface area contributed by atoms with Crippen molar-refractivity contribution in [2.24, 2.45) is 5.41 Å². The molecule has 0 bridgehead atoms. The Morgan fingerprint density at radius 2 is 1.81 bits per heavy atom. The van der Waals surface area contributed by atoms with E-state index in [1.165, 1.54) is 23.7 Å². The van der Waals surface area contributed by atoms with E-state index >= 15 is 0 Å². The third kappa shape index (κ3) is 7.98. The summed E-state index contributed by atoms with van der Waals surface area (Å²) in [6.07, 6.45) is -2.36. The topological polar surface area (TPSA) is 161 Å². The Hall–Kier alpha value is -5.18. The Bertz CT molecular complexity index is 1910. The van der Waals surface area contributed by atoms with Gasteiger partial charge in [-0.05, 0) is 73.3 Å². The van der Waals surface area contributed by atoms with Gasteiger partial charge < -0.3 is 31.1 Å². The SMILES string of the molecule is CCC1NC(C(=O)O)CC12CCN(c1cc(O[C@H](c3ccc(-c4ccc(CCNC(C)=O)cc4)cc3-n3ccc(C)n3)C(F)(F)F)nc(N)n1)CC2. The van der Waals surface area contributed by atoms with Crippen molar-refractivity contribution in [2.75, 3.05) is 30.3 Å². The number of hydrogen-bond donors (Lipinski definition) is 4. The van der Waals surface area contributed by atoms with Gasteiger partial charge in [-0.3, -0.25) is 9.59 Å². The molecule has 4 heterocycles. The Balaban J connectivity index is 1.27. The maximum absolute atomic E-state index is 15.0. The number of anilines is 2. The van der Waals surface area contributed by atoms with E-state index in [0.717, 1.165) is 17.5 Å². The second-order valence-electron chi connectivity index (χ2n) is 13.6. The molecule has 2 aliphatic heterocycles. The van der Waals surface area contributed by atoms with Crippen molar-refractivity contribution in [3.63, 3.8) is 0 Å². The van der Waals surface area contributed by atoms with Crippen LogP contribution in [-0.2, 0) is 16.0 Å². The van der Waals surface area contributed by atoms with Gasteiger partial charge in [0.2, 0.25) is 23.8 Å². The molecule has 4 aromatic rings. The number of rotatable bonds is 11. The third-order valence-electron chi connectivity index (χ3n) is 10.1. The molecular weight excluding hydrogens is 677 g/mol. The molecule has 276 valence electrons. The number of aromatic nitrogens is 4. The van der Waals surface area contributed by atoms with Gasteiger partial charge in [0, 0.05) is 50.4 Å². The number of carboxylic acid groups (broad SMARTS) is 1. The quantitative estimate of drug-likeness (QED) is 0.158. The first-order valence-electron chi connectivity index (χ1n) is 17.4. The monoisotopic (exact) mass is 720 g/mol. The highest BCUT2D eigenvalue weighted by Gasteiger charge is 2.50. The van der Waals surface area contributed by atoms with Gasteiger partial charge in [0.1, 0.15) is 11.9 Å². The fraction of sp³-hybridized carbons (Fsp3) is 0.432. The van der Waals surface area contributed by atoms with Crippen molar-refractivity contribution in [2.45, 2.75) is 77.2 Å². The van der Waals surface area contributed by atoms with Crippen LogP contribution in [0.1, 0.15) is 62.5 Å². The standard InChI is InChI=1S/C37H43F3N8O4/c1-4-30-36(21-28(43-30)34(50)51)13-17-47(18-14-36)31-20-32(45-35(41)44-31)52-33(37(38,39)40)27-10-9-26(19-29(27)48-16-12-22(2)46-48)25-7-5-24(6-8-25)11-15-42-23(3)49/h5-10,12,16,19-20,28,30,33,43H,4,11,13-15,17-18,21H2,1-3H3,(H,42,49)(H,50,51)(H2,41,44,45)/t28?,30?,33-/m1/s1. The predicted molar refractivity (Wildman–Crippen MR) is 189 cm³/mol. The van der Waals surface area contributed by atoms with Crippen LogP contribution in [0, 0.1) is 12.3 Å².